The van der Waals surface area contributed by atoms with Gasteiger partial charge in [-0.15, -0.1) is 13.2 Å². The minimum absolute atomic E-state index is 0.112. The molecule has 0 bridgehead atoms. The fraction of sp³-hybridized carbons (Fsp3) is 0.375. The first-order valence-corrected chi connectivity index (χ1v) is 4.88. The van der Waals surface area contributed by atoms with E-state index in [-0.39, 0.29) is 15.2 Å². The second-order valence-corrected chi connectivity index (χ2v) is 3.72. The van der Waals surface area contributed by atoms with E-state index in [2.05, 4.69) is 9.72 Å². The van der Waals surface area contributed by atoms with Crippen molar-refractivity contribution in [1.29, 1.82) is 0 Å². The third-order valence-electron chi connectivity index (χ3n) is 1.53. The highest BCUT2D eigenvalue weighted by atomic mass is 127. The van der Waals surface area contributed by atoms with Crippen LogP contribution in [0, 0.1) is 10.5 Å². The predicted octanol–water partition coefficient (Wildman–Crippen LogP) is 2.90. The molecule has 0 amide bonds. The van der Waals surface area contributed by atoms with Gasteiger partial charge in [0.2, 0.25) is 5.88 Å². The van der Waals surface area contributed by atoms with Gasteiger partial charge in [-0.1, -0.05) is 0 Å². The standard InChI is InChI=1S/C8H7F3INO2/c1-4-3-13-7(14-2)5(12)6(4)15-8(9,10)11/h3H,1-2H3. The molecular weight excluding hydrogens is 326 g/mol. The lowest BCUT2D eigenvalue weighted by Crippen LogP contribution is -2.19. The van der Waals surface area contributed by atoms with Gasteiger partial charge in [-0.3, -0.25) is 0 Å². The topological polar surface area (TPSA) is 31.4 Å². The van der Waals surface area contributed by atoms with E-state index in [4.69, 9.17) is 4.74 Å². The van der Waals surface area contributed by atoms with E-state index in [1.807, 2.05) is 0 Å². The van der Waals surface area contributed by atoms with Crippen LogP contribution in [0.5, 0.6) is 11.6 Å². The Hall–Kier alpha value is -0.730. The molecule has 0 aliphatic carbocycles. The zero-order valence-corrected chi connectivity index (χ0v) is 10.0. The number of aryl methyl sites for hydroxylation is 1. The molecule has 0 N–H and O–H groups in total. The van der Waals surface area contributed by atoms with E-state index in [1.165, 1.54) is 20.2 Å². The third-order valence-corrected chi connectivity index (χ3v) is 2.48. The Morgan fingerprint density at radius 1 is 1.40 bits per heavy atom. The summed E-state index contributed by atoms with van der Waals surface area (Å²) in [6.07, 6.45) is -3.45. The van der Waals surface area contributed by atoms with E-state index < -0.39 is 6.36 Å². The van der Waals surface area contributed by atoms with E-state index in [9.17, 15) is 13.2 Å². The van der Waals surface area contributed by atoms with Crippen LogP contribution in [0.3, 0.4) is 0 Å². The molecule has 0 aliphatic heterocycles. The quantitative estimate of drug-likeness (QED) is 0.780. The molecule has 15 heavy (non-hydrogen) atoms. The molecule has 0 fully saturated rings. The highest BCUT2D eigenvalue weighted by Crippen LogP contribution is 2.34. The molecule has 0 aromatic carbocycles. The van der Waals surface area contributed by atoms with E-state index in [0.29, 0.717) is 5.56 Å². The zero-order chi connectivity index (χ0) is 11.6. The Kier molecular flexibility index (Phi) is 3.63. The molecule has 0 aliphatic rings. The Morgan fingerprint density at radius 2 is 2.00 bits per heavy atom. The lowest BCUT2D eigenvalue weighted by Gasteiger charge is -2.14. The number of nitrogens with zero attached hydrogens (tertiary/aromatic N) is 1. The number of pyridine rings is 1. The number of rotatable bonds is 2. The molecule has 0 spiro atoms. The predicted molar refractivity (Wildman–Crippen MR) is 54.9 cm³/mol. The largest absolute Gasteiger partial charge is 0.573 e. The monoisotopic (exact) mass is 333 g/mol. The van der Waals surface area contributed by atoms with Crippen LogP contribution < -0.4 is 9.47 Å². The fourth-order valence-corrected chi connectivity index (χ4v) is 1.82. The van der Waals surface area contributed by atoms with Crippen molar-refractivity contribution in [1.82, 2.24) is 4.98 Å². The Labute approximate surface area is 97.7 Å². The van der Waals surface area contributed by atoms with E-state index >= 15 is 0 Å². The molecule has 84 valence electrons. The number of aromatic nitrogens is 1. The van der Waals surface area contributed by atoms with Gasteiger partial charge >= 0.3 is 6.36 Å². The van der Waals surface area contributed by atoms with E-state index in [0.717, 1.165) is 0 Å². The van der Waals surface area contributed by atoms with Crippen molar-refractivity contribution in [2.24, 2.45) is 0 Å². The van der Waals surface area contributed by atoms with Crippen LogP contribution in [0.4, 0.5) is 13.2 Å². The molecule has 7 heteroatoms. The normalized spacial score (nSPS) is 11.3. The first-order chi connectivity index (χ1) is 6.85. The second-order valence-electron chi connectivity index (χ2n) is 2.64. The van der Waals surface area contributed by atoms with Gasteiger partial charge in [0.25, 0.3) is 0 Å². The van der Waals surface area contributed by atoms with Crippen molar-refractivity contribution in [3.63, 3.8) is 0 Å². The SMILES string of the molecule is COc1ncc(C)c(OC(F)(F)F)c1I. The summed E-state index contributed by atoms with van der Waals surface area (Å²) in [5.41, 5.74) is 0.303. The smallest absolute Gasteiger partial charge is 0.480 e. The van der Waals surface area contributed by atoms with Gasteiger partial charge in [0.15, 0.2) is 5.75 Å². The Balaban J connectivity index is 3.15. The van der Waals surface area contributed by atoms with Crippen LogP contribution in [-0.2, 0) is 0 Å². The van der Waals surface area contributed by atoms with Gasteiger partial charge in [0, 0.05) is 11.8 Å². The summed E-state index contributed by atoms with van der Waals surface area (Å²) >= 11 is 1.69. The van der Waals surface area contributed by atoms with Crippen molar-refractivity contribution in [3.05, 3.63) is 15.3 Å². The highest BCUT2D eigenvalue weighted by Gasteiger charge is 2.33. The van der Waals surface area contributed by atoms with Crippen LogP contribution in [0.1, 0.15) is 5.56 Å². The average molecular weight is 333 g/mol. The number of halogens is 4. The number of alkyl halides is 3. The summed E-state index contributed by atoms with van der Waals surface area (Å²) in [7, 11) is 1.33. The molecule has 0 radical (unpaired) electrons. The third kappa shape index (κ3) is 3.11. The maximum absolute atomic E-state index is 12.1. The summed E-state index contributed by atoms with van der Waals surface area (Å²) in [6, 6.07) is 0. The van der Waals surface area contributed by atoms with Crippen LogP contribution in [0.2, 0.25) is 0 Å². The highest BCUT2D eigenvalue weighted by molar-refractivity contribution is 14.1. The Morgan fingerprint density at radius 3 is 2.47 bits per heavy atom. The minimum Gasteiger partial charge on any atom is -0.480 e. The molecule has 1 aromatic rings. The summed E-state index contributed by atoms with van der Waals surface area (Å²) in [5.74, 6) is -0.157. The molecule has 1 heterocycles. The van der Waals surface area contributed by atoms with Crippen molar-refractivity contribution in [2.45, 2.75) is 13.3 Å². The second kappa shape index (κ2) is 4.42. The van der Waals surface area contributed by atoms with Crippen LogP contribution in [-0.4, -0.2) is 18.5 Å². The van der Waals surface area contributed by atoms with Crippen LogP contribution in [0.25, 0.3) is 0 Å². The minimum atomic E-state index is -4.71. The number of hydrogen-bond donors (Lipinski definition) is 0. The summed E-state index contributed by atoms with van der Waals surface area (Å²) < 4.78 is 45.0. The van der Waals surface area contributed by atoms with Crippen molar-refractivity contribution in [3.8, 4) is 11.6 Å². The lowest BCUT2D eigenvalue weighted by atomic mass is 10.3. The molecule has 3 nitrogen and oxygen atoms in total. The van der Waals surface area contributed by atoms with Gasteiger partial charge in [0.05, 0.1) is 7.11 Å². The van der Waals surface area contributed by atoms with Gasteiger partial charge in [-0.2, -0.15) is 0 Å². The summed E-state index contributed by atoms with van der Waals surface area (Å²) in [6.45, 7) is 1.48. The Bertz CT molecular complexity index is 368. The van der Waals surface area contributed by atoms with Crippen molar-refractivity contribution < 1.29 is 22.6 Å². The number of ether oxygens (including phenoxy) is 2. The fourth-order valence-electron chi connectivity index (χ4n) is 0.924. The summed E-state index contributed by atoms with van der Waals surface area (Å²) in [5, 5.41) is 0. The van der Waals surface area contributed by atoms with Crippen LogP contribution in [0.15, 0.2) is 6.20 Å². The lowest BCUT2D eigenvalue weighted by molar-refractivity contribution is -0.275. The van der Waals surface area contributed by atoms with Crippen molar-refractivity contribution in [2.75, 3.05) is 7.11 Å². The van der Waals surface area contributed by atoms with Gasteiger partial charge in [-0.25, -0.2) is 4.98 Å². The maximum atomic E-state index is 12.1. The number of methoxy groups -OCH3 is 1. The van der Waals surface area contributed by atoms with Crippen molar-refractivity contribution >= 4 is 22.6 Å². The number of hydrogen-bond acceptors (Lipinski definition) is 3. The van der Waals surface area contributed by atoms with Crippen LogP contribution >= 0.6 is 22.6 Å². The molecular formula is C8H7F3INO2. The van der Waals surface area contributed by atoms with Gasteiger partial charge in [-0.05, 0) is 29.5 Å². The van der Waals surface area contributed by atoms with E-state index in [1.54, 1.807) is 22.6 Å². The molecule has 0 atom stereocenters. The zero-order valence-electron chi connectivity index (χ0n) is 7.85. The first kappa shape index (κ1) is 12.3. The maximum Gasteiger partial charge on any atom is 0.573 e. The molecule has 1 rings (SSSR count). The summed E-state index contributed by atoms with van der Waals surface area (Å²) in [4.78, 5) is 3.81. The average Bonchev–Trinajstić information content (AvgIpc) is 2.11. The van der Waals surface area contributed by atoms with Gasteiger partial charge in [0.1, 0.15) is 3.57 Å². The first-order valence-electron chi connectivity index (χ1n) is 3.80. The molecule has 0 unspecified atom stereocenters. The molecule has 0 saturated carbocycles. The van der Waals surface area contributed by atoms with Gasteiger partial charge < -0.3 is 9.47 Å². The molecule has 0 saturated heterocycles. The molecule has 1 aromatic heterocycles.